The molecule has 0 unspecified atom stereocenters. The van der Waals surface area contributed by atoms with Crippen molar-refractivity contribution in [1.82, 2.24) is 0 Å². The van der Waals surface area contributed by atoms with Gasteiger partial charge in [0.25, 0.3) is 0 Å². The lowest BCUT2D eigenvalue weighted by Gasteiger charge is -2.29. The molecular weight excluding hydrogens is 348 g/mol. The van der Waals surface area contributed by atoms with Gasteiger partial charge in [-0.15, -0.1) is 0 Å². The molecule has 1 atom stereocenters. The van der Waals surface area contributed by atoms with E-state index in [1.807, 2.05) is 39.8 Å². The lowest BCUT2D eigenvalue weighted by molar-refractivity contribution is -0.171. The maximum Gasteiger partial charge on any atom is 0.350 e. The number of carbonyl (C=O) groups is 2. The highest BCUT2D eigenvalue weighted by atomic mass is 16.6. The first-order valence-corrected chi connectivity index (χ1v) is 9.28. The van der Waals surface area contributed by atoms with Gasteiger partial charge in [0, 0.05) is 13.0 Å². The molecule has 0 aliphatic rings. The van der Waals surface area contributed by atoms with Crippen LogP contribution in [-0.2, 0) is 30.2 Å². The second-order valence-corrected chi connectivity index (χ2v) is 7.66. The summed E-state index contributed by atoms with van der Waals surface area (Å²) in [4.78, 5) is 24.2. The second kappa shape index (κ2) is 9.74. The fourth-order valence-electron chi connectivity index (χ4n) is 2.29. The predicted molar refractivity (Wildman–Crippen MR) is 103 cm³/mol. The van der Waals surface area contributed by atoms with E-state index in [0.29, 0.717) is 25.4 Å². The Morgan fingerprint density at radius 2 is 1.56 bits per heavy atom. The quantitative estimate of drug-likeness (QED) is 0.609. The van der Waals surface area contributed by atoms with Crippen molar-refractivity contribution in [3.8, 4) is 5.75 Å². The molecule has 0 aromatic heterocycles. The zero-order chi connectivity index (χ0) is 20.7. The fraction of sp³-hybridized carbons (Fsp3) is 0.619. The van der Waals surface area contributed by atoms with E-state index in [-0.39, 0.29) is 5.97 Å². The van der Waals surface area contributed by atoms with Gasteiger partial charge in [0.1, 0.15) is 11.4 Å². The maximum atomic E-state index is 12.3. The minimum atomic E-state index is -1.12. The summed E-state index contributed by atoms with van der Waals surface area (Å²) < 4.78 is 21.7. The lowest BCUT2D eigenvalue weighted by Crippen LogP contribution is -2.43. The van der Waals surface area contributed by atoms with Crippen molar-refractivity contribution in [2.45, 2.75) is 72.2 Å². The van der Waals surface area contributed by atoms with Crippen LogP contribution >= 0.6 is 0 Å². The van der Waals surface area contributed by atoms with Gasteiger partial charge in [-0.1, -0.05) is 12.1 Å². The molecular formula is C21H32O6. The van der Waals surface area contributed by atoms with Gasteiger partial charge in [0.05, 0.1) is 6.61 Å². The summed E-state index contributed by atoms with van der Waals surface area (Å²) in [5.41, 5.74) is -0.791. The van der Waals surface area contributed by atoms with Crippen molar-refractivity contribution in [3.63, 3.8) is 0 Å². The minimum absolute atomic E-state index is 0.314. The van der Waals surface area contributed by atoms with E-state index < -0.39 is 23.3 Å². The molecule has 6 heteroatoms. The molecule has 0 amide bonds. The summed E-state index contributed by atoms with van der Waals surface area (Å²) in [5.74, 6) is -0.262. The van der Waals surface area contributed by atoms with Crippen LogP contribution < -0.4 is 4.74 Å². The van der Waals surface area contributed by atoms with Crippen LogP contribution in [0, 0.1) is 0 Å². The van der Waals surface area contributed by atoms with Crippen LogP contribution in [0.1, 0.15) is 54.0 Å². The molecule has 0 saturated heterocycles. The number of hydrogen-bond acceptors (Lipinski definition) is 6. The van der Waals surface area contributed by atoms with E-state index >= 15 is 0 Å². The highest BCUT2D eigenvalue weighted by Crippen LogP contribution is 2.23. The van der Waals surface area contributed by atoms with Gasteiger partial charge in [0.15, 0.2) is 11.7 Å². The van der Waals surface area contributed by atoms with Crippen molar-refractivity contribution >= 4 is 11.9 Å². The maximum absolute atomic E-state index is 12.3. The number of esters is 2. The summed E-state index contributed by atoms with van der Waals surface area (Å²) in [6.07, 6.45) is -0.234. The molecule has 0 saturated carbocycles. The highest BCUT2D eigenvalue weighted by Gasteiger charge is 2.34. The lowest BCUT2D eigenvalue weighted by atomic mass is 10.1. The zero-order valence-corrected chi connectivity index (χ0v) is 17.5. The second-order valence-electron chi connectivity index (χ2n) is 7.66. The van der Waals surface area contributed by atoms with E-state index in [2.05, 4.69) is 0 Å². The van der Waals surface area contributed by atoms with E-state index in [9.17, 15) is 9.59 Å². The van der Waals surface area contributed by atoms with E-state index in [0.717, 1.165) is 5.56 Å². The first-order valence-electron chi connectivity index (χ1n) is 9.28. The van der Waals surface area contributed by atoms with E-state index in [4.69, 9.17) is 18.9 Å². The first-order chi connectivity index (χ1) is 12.5. The number of rotatable bonds is 9. The van der Waals surface area contributed by atoms with Crippen molar-refractivity contribution in [2.24, 2.45) is 0 Å². The molecule has 0 N–H and O–H groups in total. The number of hydrogen-bond donors (Lipinski definition) is 0. The number of carbonyl (C=O) groups excluding carboxylic acids is 2. The van der Waals surface area contributed by atoms with Crippen LogP contribution in [0.15, 0.2) is 24.3 Å². The fourth-order valence-corrected chi connectivity index (χ4v) is 2.29. The summed E-state index contributed by atoms with van der Waals surface area (Å²) in [5, 5.41) is 0. The Labute approximate surface area is 162 Å². The molecule has 0 spiro atoms. The molecule has 0 heterocycles. The summed E-state index contributed by atoms with van der Waals surface area (Å²) in [6.45, 7) is 13.1. The van der Waals surface area contributed by atoms with Crippen LogP contribution in [0.2, 0.25) is 0 Å². The third-order valence-electron chi connectivity index (χ3n) is 3.53. The van der Waals surface area contributed by atoms with Gasteiger partial charge in [0.2, 0.25) is 0 Å². The Bertz CT molecular complexity index is 613. The topological polar surface area (TPSA) is 71.1 Å². The van der Waals surface area contributed by atoms with Gasteiger partial charge < -0.3 is 18.9 Å². The summed E-state index contributed by atoms with van der Waals surface area (Å²) >= 11 is 0. The third-order valence-corrected chi connectivity index (χ3v) is 3.53. The van der Waals surface area contributed by atoms with Crippen LogP contribution in [0.25, 0.3) is 0 Å². The predicted octanol–water partition coefficient (Wildman–Crippen LogP) is 3.70. The van der Waals surface area contributed by atoms with Gasteiger partial charge in [-0.3, -0.25) is 0 Å². The standard InChI is InChI=1S/C21H32O6/c1-8-24-17(18(22)25-9-2)14-15-10-12-16(13-11-15)26-21(6,7)19(23)27-20(3,4)5/h10-13,17H,8-9,14H2,1-7H3/t17-/m0/s1. The Morgan fingerprint density at radius 1 is 0.963 bits per heavy atom. The van der Waals surface area contributed by atoms with Crippen LogP contribution in [0.5, 0.6) is 5.75 Å². The van der Waals surface area contributed by atoms with Crippen LogP contribution in [-0.4, -0.2) is 42.5 Å². The molecule has 6 nitrogen and oxygen atoms in total. The summed E-state index contributed by atoms with van der Waals surface area (Å²) in [7, 11) is 0. The highest BCUT2D eigenvalue weighted by molar-refractivity contribution is 5.79. The smallest absolute Gasteiger partial charge is 0.350 e. The molecule has 0 aliphatic carbocycles. The van der Waals surface area contributed by atoms with Crippen LogP contribution in [0.3, 0.4) is 0 Å². The Kier molecular flexibility index (Phi) is 8.28. The van der Waals surface area contributed by atoms with E-state index in [1.54, 1.807) is 32.9 Å². The largest absolute Gasteiger partial charge is 0.476 e. The molecule has 27 heavy (non-hydrogen) atoms. The van der Waals surface area contributed by atoms with Gasteiger partial charge >= 0.3 is 11.9 Å². The molecule has 1 aromatic rings. The Morgan fingerprint density at radius 3 is 2.04 bits per heavy atom. The molecule has 0 aliphatic heterocycles. The minimum Gasteiger partial charge on any atom is -0.476 e. The van der Waals surface area contributed by atoms with Crippen molar-refractivity contribution < 1.29 is 28.5 Å². The number of benzene rings is 1. The SMILES string of the molecule is CCOC(=O)[C@H](Cc1ccc(OC(C)(C)C(=O)OC(C)(C)C)cc1)OCC. The average Bonchev–Trinajstić information content (AvgIpc) is 2.54. The van der Waals surface area contributed by atoms with Crippen LogP contribution in [0.4, 0.5) is 0 Å². The van der Waals surface area contributed by atoms with Crippen molar-refractivity contribution in [3.05, 3.63) is 29.8 Å². The van der Waals surface area contributed by atoms with Gasteiger partial charge in [-0.2, -0.15) is 0 Å². The van der Waals surface area contributed by atoms with Gasteiger partial charge in [-0.05, 0) is 66.2 Å². The summed E-state index contributed by atoms with van der Waals surface area (Å²) in [6, 6.07) is 7.20. The molecule has 0 fully saturated rings. The number of ether oxygens (including phenoxy) is 4. The molecule has 0 bridgehead atoms. The monoisotopic (exact) mass is 380 g/mol. The molecule has 152 valence electrons. The molecule has 1 rings (SSSR count). The van der Waals surface area contributed by atoms with Crippen molar-refractivity contribution in [2.75, 3.05) is 13.2 Å². The van der Waals surface area contributed by atoms with Crippen molar-refractivity contribution in [1.29, 1.82) is 0 Å². The molecule has 1 aromatic carbocycles. The molecule has 0 radical (unpaired) electrons. The Balaban J connectivity index is 2.77. The average molecular weight is 380 g/mol. The third kappa shape index (κ3) is 7.99. The van der Waals surface area contributed by atoms with Gasteiger partial charge in [-0.25, -0.2) is 9.59 Å². The first kappa shape index (κ1) is 23.0. The van der Waals surface area contributed by atoms with E-state index in [1.165, 1.54) is 0 Å². The Hall–Kier alpha value is -2.08. The normalized spacial score (nSPS) is 13.0. The zero-order valence-electron chi connectivity index (χ0n) is 17.5.